The average Bonchev–Trinajstić information content (AvgIpc) is 2.34. The summed E-state index contributed by atoms with van der Waals surface area (Å²) in [6.07, 6.45) is 1.24. The quantitative estimate of drug-likeness (QED) is 0.395. The van der Waals surface area contributed by atoms with Crippen molar-refractivity contribution in [2.45, 2.75) is 123 Å². The molecule has 0 aromatic rings. The molecule has 146 valence electrons. The van der Waals surface area contributed by atoms with E-state index in [4.69, 9.17) is 8.85 Å². The van der Waals surface area contributed by atoms with Crippen LogP contribution in [0.5, 0.6) is 0 Å². The minimum atomic E-state index is -2.04. The minimum Gasteiger partial charge on any atom is -0.412 e. The molecule has 0 spiro atoms. The molecule has 2 nitrogen and oxygen atoms in total. The van der Waals surface area contributed by atoms with E-state index >= 15 is 0 Å². The summed E-state index contributed by atoms with van der Waals surface area (Å²) >= 11 is 0. The van der Waals surface area contributed by atoms with Crippen molar-refractivity contribution >= 4 is 24.7 Å². The number of hydrogen-bond acceptors (Lipinski definition) is 2. The van der Waals surface area contributed by atoms with Gasteiger partial charge in [-0.25, -0.2) is 0 Å². The van der Waals surface area contributed by atoms with Crippen LogP contribution in [-0.4, -0.2) is 35.2 Å². The van der Waals surface area contributed by atoms with Gasteiger partial charge in [0.25, 0.3) is 0 Å². The predicted octanol–water partition coefficient (Wildman–Crippen LogP) is 6.98. The van der Waals surface area contributed by atoms with Crippen molar-refractivity contribution in [3.8, 4) is 0 Å². The van der Waals surface area contributed by atoms with Crippen LogP contribution in [0.3, 0.4) is 0 Å². The molecule has 0 aliphatic rings. The van der Waals surface area contributed by atoms with Gasteiger partial charge in [0.05, 0.1) is 13.3 Å². The van der Waals surface area contributed by atoms with Crippen molar-refractivity contribution in [2.75, 3.05) is 0 Å². The molecule has 0 heterocycles. The summed E-state index contributed by atoms with van der Waals surface area (Å²) < 4.78 is 13.8. The number of rotatable bonds is 9. The lowest BCUT2D eigenvalue weighted by molar-refractivity contribution is 0.0964. The Hall–Kier alpha value is 0.571. The molecule has 0 amide bonds. The van der Waals surface area contributed by atoms with Crippen molar-refractivity contribution in [3.63, 3.8) is 0 Å². The van der Waals surface area contributed by atoms with Gasteiger partial charge in [-0.05, 0) is 65.0 Å². The van der Waals surface area contributed by atoms with Gasteiger partial charge < -0.3 is 8.85 Å². The van der Waals surface area contributed by atoms with Crippen LogP contribution in [0.1, 0.15) is 61.8 Å². The first-order chi connectivity index (χ1) is 10.3. The molecular formula is C19H46O2Si3. The third kappa shape index (κ3) is 5.29. The van der Waals surface area contributed by atoms with E-state index in [0.29, 0.717) is 5.54 Å². The van der Waals surface area contributed by atoms with Crippen LogP contribution in [0.15, 0.2) is 0 Å². The number of hydrogen-bond donors (Lipinski definition) is 0. The molecule has 0 aliphatic heterocycles. The van der Waals surface area contributed by atoms with E-state index in [9.17, 15) is 0 Å². The van der Waals surface area contributed by atoms with Gasteiger partial charge in [-0.1, -0.05) is 47.2 Å². The standard InChI is InChI=1S/C19H46O2Si3/c1-15-17(4)22(9,10)18(5,6)21-24(13,14)19(7,8)20-23(11,12)16(2)3/h16-17H,15H2,1-14H3. The fourth-order valence-electron chi connectivity index (χ4n) is 2.89. The molecule has 0 saturated carbocycles. The first-order valence-corrected chi connectivity index (χ1v) is 18.7. The summed E-state index contributed by atoms with van der Waals surface area (Å²) in [5.41, 5.74) is 1.36. The Labute approximate surface area is 156 Å². The predicted molar refractivity (Wildman–Crippen MR) is 118 cm³/mol. The van der Waals surface area contributed by atoms with Gasteiger partial charge in [0.1, 0.15) is 0 Å². The van der Waals surface area contributed by atoms with Crippen LogP contribution >= 0.6 is 0 Å². The molecule has 0 radical (unpaired) electrons. The molecule has 0 aliphatic carbocycles. The molecule has 0 bridgehead atoms. The van der Waals surface area contributed by atoms with Gasteiger partial charge in [-0.2, -0.15) is 0 Å². The highest BCUT2D eigenvalue weighted by molar-refractivity contribution is 6.83. The van der Waals surface area contributed by atoms with Crippen LogP contribution in [-0.2, 0) is 8.85 Å². The van der Waals surface area contributed by atoms with Crippen molar-refractivity contribution in [1.29, 1.82) is 0 Å². The topological polar surface area (TPSA) is 18.5 Å². The zero-order valence-electron chi connectivity index (χ0n) is 19.2. The Morgan fingerprint density at radius 1 is 0.750 bits per heavy atom. The Kier molecular flexibility index (Phi) is 7.85. The molecule has 0 N–H and O–H groups in total. The second-order valence-electron chi connectivity index (χ2n) is 10.5. The smallest absolute Gasteiger partial charge is 0.216 e. The van der Waals surface area contributed by atoms with Crippen LogP contribution in [0.2, 0.25) is 50.4 Å². The molecule has 0 aromatic heterocycles. The molecule has 0 saturated heterocycles. The van der Waals surface area contributed by atoms with Crippen molar-refractivity contribution in [2.24, 2.45) is 0 Å². The summed E-state index contributed by atoms with van der Waals surface area (Å²) in [6.45, 7) is 32.9. The van der Waals surface area contributed by atoms with Gasteiger partial charge in [0.2, 0.25) is 8.32 Å². The molecular weight excluding hydrogens is 344 g/mol. The van der Waals surface area contributed by atoms with E-state index in [-0.39, 0.29) is 10.4 Å². The Bertz CT molecular complexity index is 413. The van der Waals surface area contributed by atoms with E-state index in [1.165, 1.54) is 6.42 Å². The molecule has 5 heteroatoms. The van der Waals surface area contributed by atoms with Crippen molar-refractivity contribution in [3.05, 3.63) is 0 Å². The largest absolute Gasteiger partial charge is 0.412 e. The molecule has 0 aromatic carbocycles. The molecule has 24 heavy (non-hydrogen) atoms. The normalized spacial score (nSPS) is 16.6. The summed E-state index contributed by atoms with van der Waals surface area (Å²) in [6, 6.07) is 0. The summed E-state index contributed by atoms with van der Waals surface area (Å²) in [5, 5.41) is -0.216. The SMILES string of the molecule is CCC(C)[Si](C)(C)C(C)(C)O[Si](C)(C)C(C)(C)O[Si](C)(C)C(C)C. The van der Waals surface area contributed by atoms with Crippen LogP contribution in [0.25, 0.3) is 0 Å². The summed E-state index contributed by atoms with van der Waals surface area (Å²) in [7, 11) is -5.29. The van der Waals surface area contributed by atoms with Crippen LogP contribution < -0.4 is 0 Å². The average molecular weight is 391 g/mol. The highest BCUT2D eigenvalue weighted by Crippen LogP contribution is 2.41. The van der Waals surface area contributed by atoms with E-state index in [0.717, 1.165) is 5.54 Å². The van der Waals surface area contributed by atoms with Gasteiger partial charge in [0, 0.05) is 5.22 Å². The molecule has 1 unspecified atom stereocenters. The van der Waals surface area contributed by atoms with Gasteiger partial charge in [-0.15, -0.1) is 0 Å². The van der Waals surface area contributed by atoms with Crippen LogP contribution in [0, 0.1) is 0 Å². The fourth-order valence-corrected chi connectivity index (χ4v) is 11.8. The van der Waals surface area contributed by atoms with E-state index < -0.39 is 24.7 Å². The van der Waals surface area contributed by atoms with Gasteiger partial charge in [0.15, 0.2) is 8.32 Å². The first kappa shape index (κ1) is 24.6. The summed E-state index contributed by atoms with van der Waals surface area (Å²) in [5.74, 6) is 0. The Morgan fingerprint density at radius 3 is 1.50 bits per heavy atom. The fraction of sp³-hybridized carbons (Fsp3) is 1.00. The van der Waals surface area contributed by atoms with Crippen molar-refractivity contribution < 1.29 is 8.85 Å². The molecule has 0 rings (SSSR count). The second-order valence-corrected chi connectivity index (χ2v) is 25.2. The molecule has 0 fully saturated rings. The maximum atomic E-state index is 7.00. The monoisotopic (exact) mass is 390 g/mol. The highest BCUT2D eigenvalue weighted by atomic mass is 28.4. The lowest BCUT2D eigenvalue weighted by Crippen LogP contribution is -2.66. The zero-order chi connectivity index (χ0) is 19.8. The Morgan fingerprint density at radius 2 is 1.17 bits per heavy atom. The maximum absolute atomic E-state index is 7.00. The second kappa shape index (κ2) is 7.67. The Balaban J connectivity index is 5.52. The minimum absolute atomic E-state index is 0.0394. The van der Waals surface area contributed by atoms with Gasteiger partial charge in [-0.3, -0.25) is 0 Å². The zero-order valence-corrected chi connectivity index (χ0v) is 22.2. The summed E-state index contributed by atoms with van der Waals surface area (Å²) in [4.78, 5) is 0. The lowest BCUT2D eigenvalue weighted by Gasteiger charge is -2.52. The third-order valence-corrected chi connectivity index (χ3v) is 21.6. The van der Waals surface area contributed by atoms with E-state index in [1.54, 1.807) is 0 Å². The third-order valence-electron chi connectivity index (χ3n) is 7.26. The van der Waals surface area contributed by atoms with Crippen LogP contribution in [0.4, 0.5) is 0 Å². The lowest BCUT2D eigenvalue weighted by atomic mass is 10.4. The van der Waals surface area contributed by atoms with E-state index in [2.05, 4.69) is 94.7 Å². The van der Waals surface area contributed by atoms with Gasteiger partial charge >= 0.3 is 0 Å². The van der Waals surface area contributed by atoms with Crippen molar-refractivity contribution in [1.82, 2.24) is 0 Å². The maximum Gasteiger partial charge on any atom is 0.216 e. The van der Waals surface area contributed by atoms with E-state index in [1.807, 2.05) is 0 Å². The first-order valence-electron chi connectivity index (χ1n) is 9.74. The highest BCUT2D eigenvalue weighted by Gasteiger charge is 2.53. The molecule has 1 atom stereocenters.